The Hall–Kier alpha value is -1.25. The first-order valence-electron chi connectivity index (χ1n) is 4.32. The van der Waals surface area contributed by atoms with Gasteiger partial charge in [-0.3, -0.25) is 4.79 Å². The van der Waals surface area contributed by atoms with Crippen LogP contribution in [0.5, 0.6) is 0 Å². The maximum Gasteiger partial charge on any atom is 0.289 e. The van der Waals surface area contributed by atoms with E-state index in [1.807, 2.05) is 13.8 Å². The Bertz CT molecular complexity index is 287. The van der Waals surface area contributed by atoms with Gasteiger partial charge in [0.05, 0.1) is 6.26 Å². The maximum absolute atomic E-state index is 11.6. The maximum atomic E-state index is 11.6. The Labute approximate surface area is 78.3 Å². The van der Waals surface area contributed by atoms with Gasteiger partial charge in [0, 0.05) is 20.0 Å². The molecule has 3 nitrogen and oxygen atoms in total. The molecule has 1 aromatic rings. The fourth-order valence-corrected chi connectivity index (χ4v) is 1.13. The van der Waals surface area contributed by atoms with E-state index in [0.717, 1.165) is 0 Å². The van der Waals surface area contributed by atoms with Crippen LogP contribution < -0.4 is 0 Å². The highest BCUT2D eigenvalue weighted by atomic mass is 16.3. The van der Waals surface area contributed by atoms with Gasteiger partial charge in [-0.1, -0.05) is 0 Å². The molecule has 0 aliphatic heterocycles. The zero-order chi connectivity index (χ0) is 9.84. The van der Waals surface area contributed by atoms with Crippen LogP contribution in [0.15, 0.2) is 16.7 Å². The third kappa shape index (κ3) is 2.11. The lowest BCUT2D eigenvalue weighted by molar-refractivity contribution is 0.0741. The van der Waals surface area contributed by atoms with E-state index in [1.165, 1.54) is 6.26 Å². The average molecular weight is 179 g/mol. The lowest BCUT2D eigenvalue weighted by atomic mass is 10.3. The number of carbonyl (C=O) groups excluding carboxylic acids is 1. The van der Waals surface area contributed by atoms with Crippen LogP contribution in [0.3, 0.4) is 0 Å². The Morgan fingerprint density at radius 1 is 1.54 bits per heavy atom. The zero-order valence-corrected chi connectivity index (χ0v) is 7.91. The Morgan fingerprint density at radius 2 is 2.15 bits per heavy atom. The molecule has 1 aromatic heterocycles. The lowest BCUT2D eigenvalue weighted by Crippen LogP contribution is -2.30. The molecule has 1 heterocycles. The predicted octanol–water partition coefficient (Wildman–Crippen LogP) is 1.82. The second kappa shape index (κ2) is 4.12. The molecule has 0 saturated heterocycles. The van der Waals surface area contributed by atoms with Crippen LogP contribution in [0.25, 0.3) is 0 Å². The SMILES string of the molecule is [CH]c1coc(C(=O)N(CC)CC)c1. The molecule has 13 heavy (non-hydrogen) atoms. The Balaban J connectivity index is 2.78. The van der Waals surface area contributed by atoms with Crippen molar-refractivity contribution >= 4 is 5.91 Å². The van der Waals surface area contributed by atoms with Gasteiger partial charge in [-0.15, -0.1) is 0 Å². The van der Waals surface area contributed by atoms with E-state index >= 15 is 0 Å². The number of nitrogens with zero attached hydrogens (tertiary/aromatic N) is 1. The van der Waals surface area contributed by atoms with Gasteiger partial charge >= 0.3 is 0 Å². The van der Waals surface area contributed by atoms with Crippen LogP contribution in [0.2, 0.25) is 0 Å². The van der Waals surface area contributed by atoms with E-state index in [9.17, 15) is 4.79 Å². The first-order valence-corrected chi connectivity index (χ1v) is 4.32. The van der Waals surface area contributed by atoms with Gasteiger partial charge in [-0.05, 0) is 25.5 Å². The molecule has 0 unspecified atom stereocenters. The highest BCUT2D eigenvalue weighted by molar-refractivity contribution is 5.91. The molecule has 70 valence electrons. The van der Waals surface area contributed by atoms with Crippen LogP contribution in [0.1, 0.15) is 30.0 Å². The number of amides is 1. The molecular formula is C10H13NO2. The third-order valence-corrected chi connectivity index (χ3v) is 1.88. The fourth-order valence-electron chi connectivity index (χ4n) is 1.13. The van der Waals surface area contributed by atoms with Crippen molar-refractivity contribution in [3.8, 4) is 0 Å². The summed E-state index contributed by atoms with van der Waals surface area (Å²) in [5.74, 6) is 0.197. The molecule has 2 radical (unpaired) electrons. The highest BCUT2D eigenvalue weighted by Crippen LogP contribution is 2.09. The fraction of sp³-hybridized carbons (Fsp3) is 0.400. The van der Waals surface area contributed by atoms with Crippen molar-refractivity contribution in [2.24, 2.45) is 0 Å². The number of furan rings is 1. The van der Waals surface area contributed by atoms with Gasteiger partial charge in [-0.2, -0.15) is 0 Å². The summed E-state index contributed by atoms with van der Waals surface area (Å²) in [5, 5.41) is 0. The van der Waals surface area contributed by atoms with Crippen LogP contribution in [0.4, 0.5) is 0 Å². The van der Waals surface area contributed by atoms with E-state index in [4.69, 9.17) is 11.3 Å². The summed E-state index contributed by atoms with van der Waals surface area (Å²) < 4.78 is 4.99. The minimum atomic E-state index is -0.110. The molecule has 0 aliphatic carbocycles. The average Bonchev–Trinajstić information content (AvgIpc) is 2.54. The Kier molecular flexibility index (Phi) is 3.12. The monoisotopic (exact) mass is 179 g/mol. The molecule has 0 bridgehead atoms. The van der Waals surface area contributed by atoms with E-state index in [0.29, 0.717) is 24.4 Å². The van der Waals surface area contributed by atoms with E-state index in [2.05, 4.69) is 0 Å². The van der Waals surface area contributed by atoms with Crippen molar-refractivity contribution in [1.82, 2.24) is 4.90 Å². The topological polar surface area (TPSA) is 33.5 Å². The summed E-state index contributed by atoms with van der Waals surface area (Å²) in [7, 11) is 0. The van der Waals surface area contributed by atoms with Crippen molar-refractivity contribution in [3.05, 3.63) is 30.6 Å². The standard InChI is InChI=1S/C10H13NO2/c1-4-11(5-2)10(12)9-6-8(3)7-13-9/h3,6-7H,4-5H2,1-2H3. The smallest absolute Gasteiger partial charge is 0.289 e. The van der Waals surface area contributed by atoms with Gasteiger partial charge < -0.3 is 9.32 Å². The van der Waals surface area contributed by atoms with Gasteiger partial charge in [0.25, 0.3) is 5.91 Å². The minimum absolute atomic E-state index is 0.110. The summed E-state index contributed by atoms with van der Waals surface area (Å²) in [6.45, 7) is 10.6. The van der Waals surface area contributed by atoms with Crippen LogP contribution >= 0.6 is 0 Å². The molecule has 3 heteroatoms. The number of hydrogen-bond acceptors (Lipinski definition) is 2. The first-order chi connectivity index (χ1) is 6.19. The van der Waals surface area contributed by atoms with Gasteiger partial charge in [0.2, 0.25) is 0 Å². The Morgan fingerprint density at radius 3 is 2.54 bits per heavy atom. The molecule has 0 atom stereocenters. The van der Waals surface area contributed by atoms with Crippen molar-refractivity contribution < 1.29 is 9.21 Å². The van der Waals surface area contributed by atoms with Crippen molar-refractivity contribution in [2.75, 3.05) is 13.1 Å². The van der Waals surface area contributed by atoms with Crippen molar-refractivity contribution in [2.45, 2.75) is 13.8 Å². The van der Waals surface area contributed by atoms with Crippen molar-refractivity contribution in [1.29, 1.82) is 0 Å². The summed E-state index contributed by atoms with van der Waals surface area (Å²) in [6.07, 6.45) is 1.37. The molecule has 0 aliphatic rings. The van der Waals surface area contributed by atoms with Gasteiger partial charge in [0.1, 0.15) is 0 Å². The largest absolute Gasteiger partial charge is 0.459 e. The van der Waals surface area contributed by atoms with Crippen molar-refractivity contribution in [3.63, 3.8) is 0 Å². The summed E-state index contributed by atoms with van der Waals surface area (Å²) >= 11 is 0. The lowest BCUT2D eigenvalue weighted by Gasteiger charge is -2.16. The highest BCUT2D eigenvalue weighted by Gasteiger charge is 2.15. The number of hydrogen-bond donors (Lipinski definition) is 0. The van der Waals surface area contributed by atoms with Crippen LogP contribution in [-0.4, -0.2) is 23.9 Å². The zero-order valence-electron chi connectivity index (χ0n) is 7.91. The quantitative estimate of drug-likeness (QED) is 0.709. The normalized spacial score (nSPS) is 10.1. The molecule has 0 fully saturated rings. The number of rotatable bonds is 3. The summed E-state index contributed by atoms with van der Waals surface area (Å²) in [6, 6.07) is 1.54. The summed E-state index contributed by atoms with van der Waals surface area (Å²) in [4.78, 5) is 13.3. The van der Waals surface area contributed by atoms with E-state index in [-0.39, 0.29) is 5.91 Å². The first kappa shape index (κ1) is 9.84. The second-order valence-electron chi connectivity index (χ2n) is 2.72. The summed E-state index contributed by atoms with van der Waals surface area (Å²) in [5.41, 5.74) is 0.482. The molecule has 0 N–H and O–H groups in total. The van der Waals surface area contributed by atoms with Gasteiger partial charge in [-0.25, -0.2) is 0 Å². The second-order valence-corrected chi connectivity index (χ2v) is 2.72. The molecule has 0 aromatic carbocycles. The molecule has 0 saturated carbocycles. The molecular weight excluding hydrogens is 166 g/mol. The predicted molar refractivity (Wildman–Crippen MR) is 49.4 cm³/mol. The van der Waals surface area contributed by atoms with E-state index < -0.39 is 0 Å². The van der Waals surface area contributed by atoms with Crippen LogP contribution in [0, 0.1) is 6.92 Å². The van der Waals surface area contributed by atoms with Crippen LogP contribution in [-0.2, 0) is 0 Å². The van der Waals surface area contributed by atoms with Gasteiger partial charge in [0.15, 0.2) is 5.76 Å². The molecule has 1 amide bonds. The number of carbonyl (C=O) groups is 1. The third-order valence-electron chi connectivity index (χ3n) is 1.88. The molecule has 0 spiro atoms. The van der Waals surface area contributed by atoms with E-state index in [1.54, 1.807) is 11.0 Å². The minimum Gasteiger partial charge on any atom is -0.459 e. The molecule has 1 rings (SSSR count).